The first-order valence-corrected chi connectivity index (χ1v) is 9.35. The first-order valence-electron chi connectivity index (χ1n) is 9.35. The van der Waals surface area contributed by atoms with Crippen molar-refractivity contribution in [3.63, 3.8) is 0 Å². The number of carbonyl (C=O) groups is 1. The largest absolute Gasteiger partial charge is 0.376 e. The van der Waals surface area contributed by atoms with E-state index in [2.05, 4.69) is 74.3 Å². The third-order valence-electron chi connectivity index (χ3n) is 5.09. The number of aryl methyl sites for hydroxylation is 4. The monoisotopic (exact) mass is 351 g/mol. The molecule has 0 aromatic heterocycles. The summed E-state index contributed by atoms with van der Waals surface area (Å²) in [5, 5.41) is 3.35. The molecule has 1 amide bonds. The van der Waals surface area contributed by atoms with Crippen molar-refractivity contribution < 1.29 is 4.79 Å². The Labute approximate surface area is 156 Å². The lowest BCUT2D eigenvalue weighted by Gasteiger charge is -2.36. The maximum atomic E-state index is 12.6. The van der Waals surface area contributed by atoms with E-state index in [-0.39, 0.29) is 5.91 Å². The molecule has 4 nitrogen and oxygen atoms in total. The summed E-state index contributed by atoms with van der Waals surface area (Å²) in [6, 6.07) is 12.9. The maximum absolute atomic E-state index is 12.6. The van der Waals surface area contributed by atoms with E-state index in [9.17, 15) is 4.79 Å². The number of piperazine rings is 1. The Bertz CT molecular complexity index is 769. The van der Waals surface area contributed by atoms with Gasteiger partial charge in [0.1, 0.15) is 0 Å². The molecule has 4 heteroatoms. The molecule has 1 N–H and O–H groups in total. The number of carbonyl (C=O) groups excluding carboxylic acids is 1. The van der Waals surface area contributed by atoms with Crippen molar-refractivity contribution in [2.75, 3.05) is 42.9 Å². The van der Waals surface area contributed by atoms with Gasteiger partial charge in [0.25, 0.3) is 0 Å². The molecule has 3 rings (SSSR count). The Kier molecular flexibility index (Phi) is 5.50. The molecular weight excluding hydrogens is 322 g/mol. The van der Waals surface area contributed by atoms with E-state index in [4.69, 9.17) is 0 Å². The highest BCUT2D eigenvalue weighted by molar-refractivity contribution is 5.81. The third-order valence-corrected chi connectivity index (χ3v) is 5.09. The fourth-order valence-electron chi connectivity index (χ4n) is 3.77. The van der Waals surface area contributed by atoms with Crippen LogP contribution in [0.15, 0.2) is 36.4 Å². The van der Waals surface area contributed by atoms with Gasteiger partial charge in [-0.05, 0) is 56.5 Å². The van der Waals surface area contributed by atoms with Crippen molar-refractivity contribution >= 4 is 17.3 Å². The SMILES string of the molecule is Cc1cccc(N2CCN(C(=O)CNc3c(C)cc(C)cc3C)CC2)c1. The fraction of sp³-hybridized carbons (Fsp3) is 0.409. The van der Waals surface area contributed by atoms with Crippen LogP contribution < -0.4 is 10.2 Å². The standard InChI is InChI=1S/C22H29N3O/c1-16-6-5-7-20(14-16)24-8-10-25(11-9-24)21(26)15-23-22-18(3)12-17(2)13-19(22)4/h5-7,12-14,23H,8-11,15H2,1-4H3. The molecule has 1 heterocycles. The molecular formula is C22H29N3O. The minimum absolute atomic E-state index is 0.174. The molecule has 0 bridgehead atoms. The van der Waals surface area contributed by atoms with Crippen molar-refractivity contribution in [1.82, 2.24) is 4.90 Å². The van der Waals surface area contributed by atoms with Crippen molar-refractivity contribution in [3.05, 3.63) is 58.7 Å². The minimum atomic E-state index is 0.174. The van der Waals surface area contributed by atoms with Gasteiger partial charge in [-0.2, -0.15) is 0 Å². The molecule has 2 aromatic carbocycles. The highest BCUT2D eigenvalue weighted by Crippen LogP contribution is 2.22. The summed E-state index contributed by atoms with van der Waals surface area (Å²) in [4.78, 5) is 16.9. The van der Waals surface area contributed by atoms with E-state index in [1.165, 1.54) is 27.9 Å². The molecule has 1 aliphatic heterocycles. The molecule has 0 radical (unpaired) electrons. The average Bonchev–Trinajstić information content (AvgIpc) is 2.61. The Hall–Kier alpha value is -2.49. The van der Waals surface area contributed by atoms with Crippen LogP contribution in [0.3, 0.4) is 0 Å². The molecule has 1 saturated heterocycles. The predicted molar refractivity (Wildman–Crippen MR) is 109 cm³/mol. The summed E-state index contributed by atoms with van der Waals surface area (Å²) in [6.45, 7) is 12.1. The average molecular weight is 351 g/mol. The molecule has 0 spiro atoms. The van der Waals surface area contributed by atoms with Crippen LogP contribution in [0.1, 0.15) is 22.3 Å². The Balaban J connectivity index is 1.54. The zero-order chi connectivity index (χ0) is 18.7. The first kappa shape index (κ1) is 18.3. The highest BCUT2D eigenvalue weighted by atomic mass is 16.2. The van der Waals surface area contributed by atoms with E-state index < -0.39 is 0 Å². The molecule has 2 aromatic rings. The quantitative estimate of drug-likeness (QED) is 0.913. The van der Waals surface area contributed by atoms with Gasteiger partial charge in [-0.3, -0.25) is 4.79 Å². The molecule has 0 unspecified atom stereocenters. The Morgan fingerprint density at radius 2 is 1.58 bits per heavy atom. The lowest BCUT2D eigenvalue weighted by atomic mass is 10.1. The van der Waals surface area contributed by atoms with Crippen molar-refractivity contribution in [2.45, 2.75) is 27.7 Å². The normalized spacial score (nSPS) is 14.5. The smallest absolute Gasteiger partial charge is 0.241 e. The first-order chi connectivity index (χ1) is 12.4. The van der Waals surface area contributed by atoms with Gasteiger partial charge >= 0.3 is 0 Å². The summed E-state index contributed by atoms with van der Waals surface area (Å²) in [5.41, 5.74) is 7.25. The van der Waals surface area contributed by atoms with E-state index >= 15 is 0 Å². The second-order valence-corrected chi connectivity index (χ2v) is 7.33. The topological polar surface area (TPSA) is 35.6 Å². The fourth-order valence-corrected chi connectivity index (χ4v) is 3.77. The van der Waals surface area contributed by atoms with Gasteiger partial charge in [0.05, 0.1) is 6.54 Å². The van der Waals surface area contributed by atoms with Gasteiger partial charge in [0, 0.05) is 37.6 Å². The maximum Gasteiger partial charge on any atom is 0.241 e. The molecule has 0 aliphatic carbocycles. The number of amides is 1. The van der Waals surface area contributed by atoms with Gasteiger partial charge in [-0.15, -0.1) is 0 Å². The van der Waals surface area contributed by atoms with Crippen LogP contribution in [0.4, 0.5) is 11.4 Å². The van der Waals surface area contributed by atoms with Crippen LogP contribution in [-0.2, 0) is 4.79 Å². The highest BCUT2D eigenvalue weighted by Gasteiger charge is 2.21. The number of rotatable bonds is 4. The number of nitrogens with one attached hydrogen (secondary N) is 1. The van der Waals surface area contributed by atoms with Crippen molar-refractivity contribution in [2.24, 2.45) is 0 Å². The van der Waals surface area contributed by atoms with Crippen molar-refractivity contribution in [1.29, 1.82) is 0 Å². The second-order valence-electron chi connectivity index (χ2n) is 7.33. The van der Waals surface area contributed by atoms with E-state index in [0.29, 0.717) is 6.54 Å². The summed E-state index contributed by atoms with van der Waals surface area (Å²) in [6.07, 6.45) is 0. The van der Waals surface area contributed by atoms with Gasteiger partial charge < -0.3 is 15.1 Å². The Morgan fingerprint density at radius 1 is 0.923 bits per heavy atom. The zero-order valence-corrected chi connectivity index (χ0v) is 16.3. The lowest BCUT2D eigenvalue weighted by Crippen LogP contribution is -2.50. The van der Waals surface area contributed by atoms with Gasteiger partial charge in [-0.25, -0.2) is 0 Å². The predicted octanol–water partition coefficient (Wildman–Crippen LogP) is 3.68. The van der Waals surface area contributed by atoms with Crippen LogP contribution in [0.25, 0.3) is 0 Å². The van der Waals surface area contributed by atoms with Crippen LogP contribution in [0.5, 0.6) is 0 Å². The Morgan fingerprint density at radius 3 is 2.19 bits per heavy atom. The van der Waals surface area contributed by atoms with Gasteiger partial charge in [0.2, 0.25) is 5.91 Å². The summed E-state index contributed by atoms with van der Waals surface area (Å²) < 4.78 is 0. The molecule has 1 fully saturated rings. The van der Waals surface area contributed by atoms with Crippen molar-refractivity contribution in [3.8, 4) is 0 Å². The number of benzene rings is 2. The number of nitrogens with zero attached hydrogens (tertiary/aromatic N) is 2. The molecule has 138 valence electrons. The third kappa shape index (κ3) is 4.18. The molecule has 26 heavy (non-hydrogen) atoms. The van der Waals surface area contributed by atoms with E-state index in [1.54, 1.807) is 0 Å². The number of anilines is 2. The van der Waals surface area contributed by atoms with E-state index in [0.717, 1.165) is 31.9 Å². The van der Waals surface area contributed by atoms with Crippen LogP contribution in [0, 0.1) is 27.7 Å². The summed E-state index contributed by atoms with van der Waals surface area (Å²) in [5.74, 6) is 0.174. The van der Waals surface area contributed by atoms with Crippen LogP contribution in [-0.4, -0.2) is 43.5 Å². The van der Waals surface area contributed by atoms with Gasteiger partial charge in [-0.1, -0.05) is 29.8 Å². The zero-order valence-electron chi connectivity index (χ0n) is 16.3. The molecule has 1 aliphatic rings. The second kappa shape index (κ2) is 7.81. The summed E-state index contributed by atoms with van der Waals surface area (Å²) in [7, 11) is 0. The molecule has 0 atom stereocenters. The van der Waals surface area contributed by atoms with Gasteiger partial charge in [0.15, 0.2) is 0 Å². The van der Waals surface area contributed by atoms with E-state index in [1.807, 2.05) is 4.90 Å². The minimum Gasteiger partial charge on any atom is -0.376 e. The number of hydrogen-bond acceptors (Lipinski definition) is 3. The lowest BCUT2D eigenvalue weighted by molar-refractivity contribution is -0.129. The summed E-state index contributed by atoms with van der Waals surface area (Å²) >= 11 is 0. The van der Waals surface area contributed by atoms with Crippen LogP contribution in [0.2, 0.25) is 0 Å². The number of hydrogen-bond donors (Lipinski definition) is 1. The van der Waals surface area contributed by atoms with Crippen LogP contribution >= 0.6 is 0 Å². The molecule has 0 saturated carbocycles.